The molecule has 1 fully saturated rings. The lowest BCUT2D eigenvalue weighted by Gasteiger charge is -2.32. The highest BCUT2D eigenvalue weighted by atomic mass is 19.1. The second-order valence-electron chi connectivity index (χ2n) is 7.58. The Morgan fingerprint density at radius 3 is 2.69 bits per heavy atom. The van der Waals surface area contributed by atoms with Gasteiger partial charge in [-0.3, -0.25) is 9.58 Å². The van der Waals surface area contributed by atoms with E-state index in [-0.39, 0.29) is 17.9 Å². The third-order valence-corrected chi connectivity index (χ3v) is 5.36. The molecule has 2 aromatic heterocycles. The molecule has 0 atom stereocenters. The molecular weight excluding hydrogens is 371 g/mol. The van der Waals surface area contributed by atoms with Crippen molar-refractivity contribution in [2.75, 3.05) is 18.4 Å². The van der Waals surface area contributed by atoms with Crippen molar-refractivity contribution in [1.29, 1.82) is 0 Å². The molecule has 0 saturated carbocycles. The molecular formula is C21H25FN6O. The number of hydrogen-bond donors (Lipinski definition) is 2. The third kappa shape index (κ3) is 4.54. The van der Waals surface area contributed by atoms with Crippen molar-refractivity contribution in [2.45, 2.75) is 32.4 Å². The van der Waals surface area contributed by atoms with Gasteiger partial charge in [0.1, 0.15) is 5.82 Å². The number of aryl methyl sites for hydroxylation is 2. The van der Waals surface area contributed by atoms with Crippen molar-refractivity contribution < 1.29 is 9.18 Å². The molecule has 2 amide bonds. The van der Waals surface area contributed by atoms with E-state index < -0.39 is 0 Å². The van der Waals surface area contributed by atoms with Crippen LogP contribution >= 0.6 is 0 Å². The van der Waals surface area contributed by atoms with Gasteiger partial charge in [-0.2, -0.15) is 5.10 Å². The van der Waals surface area contributed by atoms with Gasteiger partial charge < -0.3 is 10.6 Å². The first kappa shape index (κ1) is 19.3. The Hall–Kier alpha value is -3.00. The zero-order chi connectivity index (χ0) is 20.4. The number of rotatable bonds is 4. The number of pyridine rings is 1. The van der Waals surface area contributed by atoms with Crippen LogP contribution in [-0.4, -0.2) is 44.8 Å². The summed E-state index contributed by atoms with van der Waals surface area (Å²) in [7, 11) is 1.85. The van der Waals surface area contributed by atoms with Crippen molar-refractivity contribution in [3.05, 3.63) is 53.6 Å². The molecule has 152 valence electrons. The van der Waals surface area contributed by atoms with Crippen LogP contribution in [0.5, 0.6) is 0 Å². The van der Waals surface area contributed by atoms with Gasteiger partial charge in [0, 0.05) is 38.1 Å². The quantitative estimate of drug-likeness (QED) is 0.710. The van der Waals surface area contributed by atoms with Crippen LogP contribution in [0.2, 0.25) is 0 Å². The molecule has 1 aliphatic rings. The van der Waals surface area contributed by atoms with Gasteiger partial charge >= 0.3 is 6.03 Å². The summed E-state index contributed by atoms with van der Waals surface area (Å²) in [6.45, 7) is 4.51. The van der Waals surface area contributed by atoms with Crippen LogP contribution in [0.1, 0.15) is 24.1 Å². The Balaban J connectivity index is 1.27. The highest BCUT2D eigenvalue weighted by Crippen LogP contribution is 2.19. The first-order valence-corrected chi connectivity index (χ1v) is 9.81. The number of nitrogens with zero attached hydrogens (tertiary/aromatic N) is 4. The number of nitrogens with one attached hydrogen (secondary N) is 2. The van der Waals surface area contributed by atoms with E-state index in [4.69, 9.17) is 0 Å². The van der Waals surface area contributed by atoms with E-state index in [2.05, 4.69) is 25.6 Å². The number of amides is 2. The number of hydrogen-bond acceptors (Lipinski definition) is 4. The largest absolute Gasteiger partial charge is 0.335 e. The Morgan fingerprint density at radius 1 is 1.24 bits per heavy atom. The molecule has 1 aromatic carbocycles. The number of carbonyl (C=O) groups is 1. The predicted molar refractivity (Wildman–Crippen MR) is 110 cm³/mol. The minimum absolute atomic E-state index is 0.135. The molecule has 0 bridgehead atoms. The van der Waals surface area contributed by atoms with Gasteiger partial charge in [-0.25, -0.2) is 14.2 Å². The Labute approximate surface area is 168 Å². The zero-order valence-corrected chi connectivity index (χ0v) is 16.7. The lowest BCUT2D eigenvalue weighted by Crippen LogP contribution is -2.45. The molecule has 3 heterocycles. The first-order chi connectivity index (χ1) is 14.0. The fraction of sp³-hybridized carbons (Fsp3) is 0.381. The number of piperidine rings is 1. The number of urea groups is 1. The molecule has 7 nitrogen and oxygen atoms in total. The fourth-order valence-electron chi connectivity index (χ4n) is 3.81. The number of halogens is 1. The monoisotopic (exact) mass is 396 g/mol. The topological polar surface area (TPSA) is 75.1 Å². The molecule has 0 unspecified atom stereocenters. The van der Waals surface area contributed by atoms with Gasteiger partial charge in [0.2, 0.25) is 0 Å². The molecule has 2 N–H and O–H groups in total. The minimum atomic E-state index is -0.218. The van der Waals surface area contributed by atoms with E-state index in [9.17, 15) is 9.18 Å². The third-order valence-electron chi connectivity index (χ3n) is 5.36. The van der Waals surface area contributed by atoms with Crippen LogP contribution in [0.15, 0.2) is 36.5 Å². The van der Waals surface area contributed by atoms with Gasteiger partial charge in [-0.1, -0.05) is 12.1 Å². The molecule has 29 heavy (non-hydrogen) atoms. The van der Waals surface area contributed by atoms with Crippen molar-refractivity contribution in [3.8, 4) is 0 Å². The molecule has 8 heteroatoms. The van der Waals surface area contributed by atoms with Crippen molar-refractivity contribution >= 4 is 22.8 Å². The van der Waals surface area contributed by atoms with E-state index in [0.717, 1.165) is 54.8 Å². The maximum absolute atomic E-state index is 13.0. The summed E-state index contributed by atoms with van der Waals surface area (Å²) >= 11 is 0. The highest BCUT2D eigenvalue weighted by Gasteiger charge is 2.21. The van der Waals surface area contributed by atoms with Gasteiger partial charge in [0.25, 0.3) is 0 Å². The van der Waals surface area contributed by atoms with Gasteiger partial charge in [-0.15, -0.1) is 0 Å². The number of carbonyl (C=O) groups excluding carboxylic acids is 1. The molecule has 0 spiro atoms. The second kappa shape index (κ2) is 8.16. The molecule has 0 aliphatic carbocycles. The van der Waals surface area contributed by atoms with Crippen molar-refractivity contribution in [3.63, 3.8) is 0 Å². The fourth-order valence-corrected chi connectivity index (χ4v) is 3.81. The lowest BCUT2D eigenvalue weighted by atomic mass is 10.0. The summed E-state index contributed by atoms with van der Waals surface area (Å²) < 4.78 is 14.8. The number of anilines is 1. The van der Waals surface area contributed by atoms with Crippen LogP contribution in [-0.2, 0) is 13.6 Å². The number of fused-ring (bicyclic) bond motifs is 1. The van der Waals surface area contributed by atoms with E-state index in [1.165, 1.54) is 12.1 Å². The van der Waals surface area contributed by atoms with Crippen molar-refractivity contribution in [2.24, 2.45) is 7.05 Å². The average Bonchev–Trinajstić information content (AvgIpc) is 2.98. The van der Waals surface area contributed by atoms with Crippen LogP contribution in [0, 0.1) is 12.7 Å². The maximum atomic E-state index is 13.0. The van der Waals surface area contributed by atoms with E-state index in [1.807, 2.05) is 32.2 Å². The number of benzene rings is 1. The van der Waals surface area contributed by atoms with E-state index in [0.29, 0.717) is 5.69 Å². The molecule has 4 rings (SSSR count). The summed E-state index contributed by atoms with van der Waals surface area (Å²) in [6, 6.07) is 8.45. The average molecular weight is 396 g/mol. The number of aromatic nitrogens is 3. The normalized spacial score (nSPS) is 15.6. The smallest absolute Gasteiger partial charge is 0.319 e. The second-order valence-corrected chi connectivity index (χ2v) is 7.58. The lowest BCUT2D eigenvalue weighted by molar-refractivity contribution is 0.190. The Bertz CT molecular complexity index is 1010. The summed E-state index contributed by atoms with van der Waals surface area (Å²) in [4.78, 5) is 19.1. The van der Waals surface area contributed by atoms with Crippen LogP contribution in [0.4, 0.5) is 14.9 Å². The van der Waals surface area contributed by atoms with Crippen molar-refractivity contribution in [1.82, 2.24) is 25.0 Å². The SMILES string of the molecule is Cc1nn(C)c2ncc(NC(=O)NC3CCN(Cc4ccc(F)cc4)CC3)cc12. The van der Waals surface area contributed by atoms with E-state index >= 15 is 0 Å². The standard InChI is InChI=1S/C21H25FN6O/c1-14-19-11-18(12-23-20(19)27(2)26-14)25-21(29)24-17-7-9-28(10-8-17)13-15-3-5-16(22)6-4-15/h3-6,11-12,17H,7-10,13H2,1-2H3,(H2,24,25,29). The predicted octanol–water partition coefficient (Wildman–Crippen LogP) is 3.20. The number of likely N-dealkylation sites (tertiary alicyclic amines) is 1. The van der Waals surface area contributed by atoms with E-state index in [1.54, 1.807) is 10.9 Å². The van der Waals surface area contributed by atoms with Crippen LogP contribution in [0.3, 0.4) is 0 Å². The summed E-state index contributed by atoms with van der Waals surface area (Å²) in [5, 5.41) is 11.2. The van der Waals surface area contributed by atoms with Crippen LogP contribution in [0.25, 0.3) is 11.0 Å². The van der Waals surface area contributed by atoms with Gasteiger partial charge in [0.05, 0.1) is 17.6 Å². The summed E-state index contributed by atoms with van der Waals surface area (Å²) in [5.41, 5.74) is 3.43. The highest BCUT2D eigenvalue weighted by molar-refractivity contribution is 5.92. The van der Waals surface area contributed by atoms with Gasteiger partial charge in [0.15, 0.2) is 5.65 Å². The zero-order valence-electron chi connectivity index (χ0n) is 16.7. The molecule has 3 aromatic rings. The Morgan fingerprint density at radius 2 is 1.97 bits per heavy atom. The molecule has 0 radical (unpaired) electrons. The first-order valence-electron chi connectivity index (χ1n) is 9.81. The molecule has 1 saturated heterocycles. The summed E-state index contributed by atoms with van der Waals surface area (Å²) in [6.07, 6.45) is 3.41. The summed E-state index contributed by atoms with van der Waals surface area (Å²) in [5.74, 6) is -0.212. The maximum Gasteiger partial charge on any atom is 0.319 e. The van der Waals surface area contributed by atoms with Crippen LogP contribution < -0.4 is 10.6 Å². The Kier molecular flexibility index (Phi) is 5.44. The van der Waals surface area contributed by atoms with Gasteiger partial charge in [-0.05, 0) is 43.5 Å². The minimum Gasteiger partial charge on any atom is -0.335 e. The molecule has 1 aliphatic heterocycles.